The second kappa shape index (κ2) is 10.5. The van der Waals surface area contributed by atoms with Gasteiger partial charge in [0.25, 0.3) is 5.91 Å². The maximum atomic E-state index is 11.8. The smallest absolute Gasteiger partial charge is 0.258 e. The van der Waals surface area contributed by atoms with Gasteiger partial charge in [-0.1, -0.05) is 6.07 Å². The number of rotatable bonds is 10. The number of ether oxygens (including phenoxy) is 2. The molecule has 9 heteroatoms. The van der Waals surface area contributed by atoms with E-state index in [0.29, 0.717) is 36.3 Å². The average molecular weight is 394 g/mol. The van der Waals surface area contributed by atoms with Gasteiger partial charge in [0.1, 0.15) is 23.1 Å². The number of methoxy groups -OCH3 is 1. The van der Waals surface area contributed by atoms with E-state index in [4.69, 9.17) is 9.47 Å². The second-order valence-electron chi connectivity index (χ2n) is 5.88. The quantitative estimate of drug-likeness (QED) is 0.449. The van der Waals surface area contributed by atoms with Gasteiger partial charge in [-0.05, 0) is 48.5 Å². The standard InChI is InChI=1S/C20H22N6O3/c1-28-15-5-7-16(8-6-15)29-14-20(27)23-13-12-22-18-9-10-19(26-25-18)24-17-4-2-3-11-21-17/h2-11H,12-14H2,1H3,(H,22,25)(H,23,27)(H,21,24,26). The minimum atomic E-state index is -0.205. The maximum absolute atomic E-state index is 11.8. The lowest BCUT2D eigenvalue weighted by Gasteiger charge is -2.09. The summed E-state index contributed by atoms with van der Waals surface area (Å²) in [4.78, 5) is 16.0. The third-order valence-electron chi connectivity index (χ3n) is 3.77. The summed E-state index contributed by atoms with van der Waals surface area (Å²) in [7, 11) is 1.59. The first kappa shape index (κ1) is 19.9. The van der Waals surface area contributed by atoms with Gasteiger partial charge in [-0.3, -0.25) is 4.79 Å². The van der Waals surface area contributed by atoms with Crippen LogP contribution in [0.15, 0.2) is 60.8 Å². The van der Waals surface area contributed by atoms with Crippen molar-refractivity contribution >= 4 is 23.4 Å². The van der Waals surface area contributed by atoms with E-state index >= 15 is 0 Å². The van der Waals surface area contributed by atoms with E-state index in [2.05, 4.69) is 31.1 Å². The Morgan fingerprint density at radius 1 is 0.897 bits per heavy atom. The lowest BCUT2D eigenvalue weighted by atomic mass is 10.3. The third-order valence-corrected chi connectivity index (χ3v) is 3.77. The van der Waals surface area contributed by atoms with Gasteiger partial charge in [-0.25, -0.2) is 4.98 Å². The normalized spacial score (nSPS) is 10.1. The molecule has 0 unspecified atom stereocenters. The number of carbonyl (C=O) groups excluding carboxylic acids is 1. The van der Waals surface area contributed by atoms with Crippen LogP contribution in [0.2, 0.25) is 0 Å². The fourth-order valence-electron chi connectivity index (χ4n) is 2.33. The highest BCUT2D eigenvalue weighted by Crippen LogP contribution is 2.16. The van der Waals surface area contributed by atoms with E-state index in [9.17, 15) is 4.79 Å². The SMILES string of the molecule is COc1ccc(OCC(=O)NCCNc2ccc(Nc3ccccn3)nn2)cc1. The van der Waals surface area contributed by atoms with Crippen molar-refractivity contribution in [3.8, 4) is 11.5 Å². The first-order valence-corrected chi connectivity index (χ1v) is 9.02. The van der Waals surface area contributed by atoms with E-state index in [1.54, 1.807) is 49.7 Å². The van der Waals surface area contributed by atoms with Crippen LogP contribution in [-0.4, -0.2) is 47.9 Å². The predicted octanol–water partition coefficient (Wildman–Crippen LogP) is 2.23. The lowest BCUT2D eigenvalue weighted by molar-refractivity contribution is -0.123. The van der Waals surface area contributed by atoms with Crippen molar-refractivity contribution in [1.29, 1.82) is 0 Å². The number of benzene rings is 1. The zero-order valence-electron chi connectivity index (χ0n) is 16.0. The molecule has 0 fully saturated rings. The summed E-state index contributed by atoms with van der Waals surface area (Å²) in [5, 5.41) is 17.1. The fraction of sp³-hybridized carbons (Fsp3) is 0.200. The van der Waals surface area contributed by atoms with Crippen molar-refractivity contribution in [1.82, 2.24) is 20.5 Å². The van der Waals surface area contributed by atoms with Gasteiger partial charge in [0.05, 0.1) is 7.11 Å². The highest BCUT2D eigenvalue weighted by atomic mass is 16.5. The van der Waals surface area contributed by atoms with Crippen LogP contribution in [0.4, 0.5) is 17.5 Å². The van der Waals surface area contributed by atoms with E-state index in [1.807, 2.05) is 18.2 Å². The highest BCUT2D eigenvalue weighted by Gasteiger charge is 2.03. The summed E-state index contributed by atoms with van der Waals surface area (Å²) in [5.41, 5.74) is 0. The molecule has 0 saturated heterocycles. The van der Waals surface area contributed by atoms with E-state index in [0.717, 1.165) is 5.75 Å². The Bertz CT molecular complexity index is 888. The van der Waals surface area contributed by atoms with Gasteiger partial charge >= 0.3 is 0 Å². The molecular weight excluding hydrogens is 372 g/mol. The number of anilines is 3. The molecule has 0 aliphatic heterocycles. The van der Waals surface area contributed by atoms with Gasteiger partial charge in [-0.2, -0.15) is 0 Å². The van der Waals surface area contributed by atoms with Crippen LogP contribution < -0.4 is 25.4 Å². The number of nitrogens with one attached hydrogen (secondary N) is 3. The van der Waals surface area contributed by atoms with Gasteiger partial charge < -0.3 is 25.4 Å². The first-order chi connectivity index (χ1) is 14.2. The van der Waals surface area contributed by atoms with Crippen molar-refractivity contribution in [2.45, 2.75) is 0 Å². The summed E-state index contributed by atoms with van der Waals surface area (Å²) in [6.07, 6.45) is 1.70. The number of amides is 1. The molecule has 0 atom stereocenters. The summed E-state index contributed by atoms with van der Waals surface area (Å²) in [5.74, 6) is 3.04. The van der Waals surface area contributed by atoms with E-state index in [1.165, 1.54) is 0 Å². The molecule has 29 heavy (non-hydrogen) atoms. The van der Waals surface area contributed by atoms with Crippen LogP contribution in [0, 0.1) is 0 Å². The molecule has 3 N–H and O–H groups in total. The van der Waals surface area contributed by atoms with Crippen LogP contribution in [0.1, 0.15) is 0 Å². The molecule has 0 aliphatic rings. The number of pyridine rings is 1. The number of aromatic nitrogens is 3. The molecule has 0 radical (unpaired) electrons. The van der Waals surface area contributed by atoms with Gasteiger partial charge in [0.2, 0.25) is 0 Å². The zero-order valence-corrected chi connectivity index (χ0v) is 16.0. The summed E-state index contributed by atoms with van der Waals surface area (Å²) >= 11 is 0. The highest BCUT2D eigenvalue weighted by molar-refractivity contribution is 5.77. The Kier molecular flexibility index (Phi) is 7.16. The topological polar surface area (TPSA) is 110 Å². The molecule has 0 bridgehead atoms. The molecule has 1 aromatic carbocycles. The number of hydrogen-bond donors (Lipinski definition) is 3. The molecule has 9 nitrogen and oxygen atoms in total. The molecule has 3 aromatic rings. The second-order valence-corrected chi connectivity index (χ2v) is 5.88. The Hall–Kier alpha value is -3.88. The van der Waals surface area contributed by atoms with Crippen molar-refractivity contribution < 1.29 is 14.3 Å². The number of hydrogen-bond acceptors (Lipinski definition) is 8. The zero-order chi connectivity index (χ0) is 20.3. The minimum absolute atomic E-state index is 0.0555. The van der Waals surface area contributed by atoms with Gasteiger partial charge in [0, 0.05) is 19.3 Å². The van der Waals surface area contributed by atoms with Crippen LogP contribution in [0.5, 0.6) is 11.5 Å². The molecule has 2 heterocycles. The first-order valence-electron chi connectivity index (χ1n) is 9.02. The summed E-state index contributed by atoms with van der Waals surface area (Å²) in [6.45, 7) is 0.885. The largest absolute Gasteiger partial charge is 0.497 e. The molecule has 150 valence electrons. The Labute approximate surface area is 168 Å². The van der Waals surface area contributed by atoms with Gasteiger partial charge in [-0.15, -0.1) is 10.2 Å². The van der Waals surface area contributed by atoms with Crippen LogP contribution in [0.25, 0.3) is 0 Å². The van der Waals surface area contributed by atoms with Crippen LogP contribution in [-0.2, 0) is 4.79 Å². The van der Waals surface area contributed by atoms with Crippen LogP contribution >= 0.6 is 0 Å². The van der Waals surface area contributed by atoms with Crippen molar-refractivity contribution in [2.75, 3.05) is 37.4 Å². The van der Waals surface area contributed by atoms with E-state index in [-0.39, 0.29) is 12.5 Å². The van der Waals surface area contributed by atoms with Crippen molar-refractivity contribution in [2.24, 2.45) is 0 Å². The molecule has 3 rings (SSSR count). The number of carbonyl (C=O) groups is 1. The fourth-order valence-corrected chi connectivity index (χ4v) is 2.33. The Morgan fingerprint density at radius 2 is 1.66 bits per heavy atom. The van der Waals surface area contributed by atoms with Crippen molar-refractivity contribution in [3.05, 3.63) is 60.8 Å². The third kappa shape index (κ3) is 6.65. The lowest BCUT2D eigenvalue weighted by Crippen LogP contribution is -2.32. The van der Waals surface area contributed by atoms with E-state index < -0.39 is 0 Å². The maximum Gasteiger partial charge on any atom is 0.258 e. The van der Waals surface area contributed by atoms with Crippen molar-refractivity contribution in [3.63, 3.8) is 0 Å². The molecule has 0 aliphatic carbocycles. The molecule has 0 spiro atoms. The van der Waals surface area contributed by atoms with Crippen LogP contribution in [0.3, 0.4) is 0 Å². The molecule has 1 amide bonds. The molecular formula is C20H22N6O3. The average Bonchev–Trinajstić information content (AvgIpc) is 2.77. The Morgan fingerprint density at radius 3 is 2.34 bits per heavy atom. The monoisotopic (exact) mass is 394 g/mol. The molecule has 0 saturated carbocycles. The summed E-state index contributed by atoms with van der Waals surface area (Å²) in [6, 6.07) is 16.2. The number of nitrogens with zero attached hydrogens (tertiary/aromatic N) is 3. The summed E-state index contributed by atoms with van der Waals surface area (Å²) < 4.78 is 10.5. The van der Waals surface area contributed by atoms with Gasteiger partial charge in [0.15, 0.2) is 12.4 Å². The predicted molar refractivity (Wildman–Crippen MR) is 110 cm³/mol. The Balaban J connectivity index is 1.32. The minimum Gasteiger partial charge on any atom is -0.497 e. The molecule has 2 aromatic heterocycles.